The van der Waals surface area contributed by atoms with E-state index in [1.165, 1.54) is 38.5 Å². The summed E-state index contributed by atoms with van der Waals surface area (Å²) in [4.78, 5) is 0. The maximum atomic E-state index is 6.00. The molecule has 0 radical (unpaired) electrons. The second kappa shape index (κ2) is 3.61. The van der Waals surface area contributed by atoms with Crippen LogP contribution in [0.15, 0.2) is 0 Å². The Balaban J connectivity index is 0.000000853. The third-order valence-electron chi connectivity index (χ3n) is 5.17. The molecule has 0 spiro atoms. The van der Waals surface area contributed by atoms with Gasteiger partial charge in [0.25, 0.3) is 0 Å². The Hall–Kier alpha value is 0.210. The van der Waals surface area contributed by atoms with Crippen LogP contribution < -0.4 is 11.5 Å². The summed E-state index contributed by atoms with van der Waals surface area (Å²) < 4.78 is 0. The lowest BCUT2D eigenvalue weighted by atomic mass is 9.44. The zero-order chi connectivity index (χ0) is 9.81. The molecule has 4 aliphatic rings. The van der Waals surface area contributed by atoms with Crippen molar-refractivity contribution in [1.29, 1.82) is 0 Å². The molecule has 0 saturated heterocycles. The van der Waals surface area contributed by atoms with E-state index in [-0.39, 0.29) is 12.4 Å². The Labute approximate surface area is 98.6 Å². The van der Waals surface area contributed by atoms with Gasteiger partial charge in [-0.25, -0.2) is 0 Å². The molecular weight excluding hydrogens is 208 g/mol. The second-order valence-electron chi connectivity index (χ2n) is 6.37. The Kier molecular flexibility index (Phi) is 2.81. The van der Waals surface area contributed by atoms with E-state index in [0.29, 0.717) is 10.8 Å². The lowest BCUT2D eigenvalue weighted by Gasteiger charge is -2.62. The van der Waals surface area contributed by atoms with Crippen molar-refractivity contribution in [3.8, 4) is 0 Å². The fourth-order valence-corrected chi connectivity index (χ4v) is 5.13. The first-order valence-electron chi connectivity index (χ1n) is 6.09. The van der Waals surface area contributed by atoms with Gasteiger partial charge in [-0.1, -0.05) is 0 Å². The van der Waals surface area contributed by atoms with Crippen LogP contribution in [-0.2, 0) is 0 Å². The van der Waals surface area contributed by atoms with E-state index in [0.717, 1.165) is 24.9 Å². The predicted molar refractivity (Wildman–Crippen MR) is 64.9 cm³/mol. The fraction of sp³-hybridized carbons (Fsp3) is 1.00. The summed E-state index contributed by atoms with van der Waals surface area (Å²) in [6.45, 7) is 1.81. The van der Waals surface area contributed by atoms with E-state index >= 15 is 0 Å². The van der Waals surface area contributed by atoms with E-state index in [9.17, 15) is 0 Å². The molecule has 0 amide bonds. The third-order valence-corrected chi connectivity index (χ3v) is 5.17. The Bertz CT molecular complexity index is 218. The summed E-state index contributed by atoms with van der Waals surface area (Å²) >= 11 is 0. The minimum Gasteiger partial charge on any atom is -0.330 e. The van der Waals surface area contributed by atoms with Gasteiger partial charge in [0, 0.05) is 0 Å². The van der Waals surface area contributed by atoms with Gasteiger partial charge in [-0.3, -0.25) is 0 Å². The van der Waals surface area contributed by atoms with Gasteiger partial charge in [0.15, 0.2) is 0 Å². The number of halogens is 1. The predicted octanol–water partition coefficient (Wildman–Crippen LogP) is 1.91. The summed E-state index contributed by atoms with van der Waals surface area (Å²) in [6, 6.07) is 0. The molecule has 2 nitrogen and oxygen atoms in total. The van der Waals surface area contributed by atoms with Crippen molar-refractivity contribution in [3.63, 3.8) is 0 Å². The van der Waals surface area contributed by atoms with E-state index in [1.807, 2.05) is 0 Å². The van der Waals surface area contributed by atoms with Crippen molar-refractivity contribution in [2.75, 3.05) is 13.1 Å². The summed E-state index contributed by atoms with van der Waals surface area (Å²) in [7, 11) is 0. The van der Waals surface area contributed by atoms with Crippen molar-refractivity contribution in [1.82, 2.24) is 0 Å². The molecule has 0 aromatic heterocycles. The van der Waals surface area contributed by atoms with Crippen LogP contribution in [0.3, 0.4) is 0 Å². The summed E-state index contributed by atoms with van der Waals surface area (Å²) in [5.41, 5.74) is 13.0. The van der Waals surface area contributed by atoms with Crippen LogP contribution in [0.4, 0.5) is 0 Å². The van der Waals surface area contributed by atoms with E-state index in [4.69, 9.17) is 11.5 Å². The van der Waals surface area contributed by atoms with Crippen molar-refractivity contribution in [2.24, 2.45) is 34.1 Å². The largest absolute Gasteiger partial charge is 0.330 e. The third kappa shape index (κ3) is 1.62. The van der Waals surface area contributed by atoms with Crippen LogP contribution in [0.25, 0.3) is 0 Å². The molecule has 0 aromatic rings. The molecule has 0 unspecified atom stereocenters. The summed E-state index contributed by atoms with van der Waals surface area (Å²) in [6.07, 6.45) is 8.43. The zero-order valence-electron chi connectivity index (χ0n) is 9.37. The van der Waals surface area contributed by atoms with Crippen molar-refractivity contribution < 1.29 is 0 Å². The lowest BCUT2D eigenvalue weighted by Crippen LogP contribution is -2.56. The number of rotatable bonds is 2. The topological polar surface area (TPSA) is 52.0 Å². The van der Waals surface area contributed by atoms with Crippen LogP contribution in [0.2, 0.25) is 0 Å². The van der Waals surface area contributed by atoms with Crippen molar-refractivity contribution >= 4 is 12.4 Å². The van der Waals surface area contributed by atoms with Crippen molar-refractivity contribution in [3.05, 3.63) is 0 Å². The molecule has 88 valence electrons. The van der Waals surface area contributed by atoms with Crippen LogP contribution in [0.5, 0.6) is 0 Å². The van der Waals surface area contributed by atoms with Crippen molar-refractivity contribution in [2.45, 2.75) is 38.5 Å². The van der Waals surface area contributed by atoms with Gasteiger partial charge in [-0.15, -0.1) is 12.4 Å². The second-order valence-corrected chi connectivity index (χ2v) is 6.37. The number of hydrogen-bond acceptors (Lipinski definition) is 2. The molecular formula is C12H23ClN2. The highest BCUT2D eigenvalue weighted by atomic mass is 35.5. The molecule has 4 aliphatic carbocycles. The highest BCUT2D eigenvalue weighted by molar-refractivity contribution is 5.85. The van der Waals surface area contributed by atoms with Crippen LogP contribution in [-0.4, -0.2) is 13.1 Å². The molecule has 4 bridgehead atoms. The van der Waals surface area contributed by atoms with Gasteiger partial charge in [-0.2, -0.15) is 0 Å². The number of hydrogen-bond donors (Lipinski definition) is 2. The van der Waals surface area contributed by atoms with Gasteiger partial charge >= 0.3 is 0 Å². The minimum atomic E-state index is 0. The minimum absolute atomic E-state index is 0. The Morgan fingerprint density at radius 3 is 1.60 bits per heavy atom. The average Bonchev–Trinajstić information content (AvgIpc) is 2.16. The highest BCUT2D eigenvalue weighted by Gasteiger charge is 2.56. The SMILES string of the molecule is Cl.NCC12CC3CC(C1)CC(CN)(C3)C2. The molecule has 0 aliphatic heterocycles. The molecule has 4 rings (SSSR count). The van der Waals surface area contributed by atoms with E-state index < -0.39 is 0 Å². The number of nitrogens with two attached hydrogens (primary N) is 2. The Morgan fingerprint density at radius 2 is 1.27 bits per heavy atom. The molecule has 3 heteroatoms. The first kappa shape index (κ1) is 11.7. The standard InChI is InChI=1S/C12H22N2.ClH/c13-7-11-2-9-1-10(4-11)5-12(3-9,6-11)8-14;/h9-10H,1-8,13-14H2;1H. The molecule has 0 heterocycles. The summed E-state index contributed by atoms with van der Waals surface area (Å²) in [5, 5.41) is 0. The van der Waals surface area contributed by atoms with Gasteiger partial charge in [-0.05, 0) is 74.3 Å². The van der Waals surface area contributed by atoms with Gasteiger partial charge in [0.2, 0.25) is 0 Å². The monoisotopic (exact) mass is 230 g/mol. The molecule has 4 N–H and O–H groups in total. The maximum absolute atomic E-state index is 6.00. The lowest BCUT2D eigenvalue weighted by molar-refractivity contribution is -0.101. The average molecular weight is 231 g/mol. The molecule has 0 aromatic carbocycles. The molecule has 15 heavy (non-hydrogen) atoms. The fourth-order valence-electron chi connectivity index (χ4n) is 5.13. The van der Waals surface area contributed by atoms with Crippen LogP contribution >= 0.6 is 12.4 Å². The molecule has 4 fully saturated rings. The zero-order valence-corrected chi connectivity index (χ0v) is 10.2. The first-order valence-corrected chi connectivity index (χ1v) is 6.09. The Morgan fingerprint density at radius 1 is 0.867 bits per heavy atom. The van der Waals surface area contributed by atoms with Gasteiger partial charge < -0.3 is 11.5 Å². The first-order chi connectivity index (χ1) is 6.69. The maximum Gasteiger partial charge on any atom is -0.00201 e. The summed E-state index contributed by atoms with van der Waals surface area (Å²) in [5.74, 6) is 1.92. The van der Waals surface area contributed by atoms with Crippen LogP contribution in [0.1, 0.15) is 38.5 Å². The smallest absolute Gasteiger partial charge is 0.00201 e. The van der Waals surface area contributed by atoms with Crippen LogP contribution in [0, 0.1) is 22.7 Å². The molecule has 4 saturated carbocycles. The van der Waals surface area contributed by atoms with E-state index in [1.54, 1.807) is 0 Å². The molecule has 0 atom stereocenters. The van der Waals surface area contributed by atoms with Gasteiger partial charge in [0.1, 0.15) is 0 Å². The normalized spacial score (nSPS) is 51.6. The van der Waals surface area contributed by atoms with Gasteiger partial charge in [0.05, 0.1) is 0 Å². The quantitative estimate of drug-likeness (QED) is 0.762. The highest BCUT2D eigenvalue weighted by Crippen LogP contribution is 2.64. The van der Waals surface area contributed by atoms with E-state index in [2.05, 4.69) is 0 Å².